The zero-order valence-electron chi connectivity index (χ0n) is 20.3. The molecule has 0 bridgehead atoms. The lowest BCUT2D eigenvalue weighted by molar-refractivity contribution is -0.128. The summed E-state index contributed by atoms with van der Waals surface area (Å²) in [4.78, 5) is 37.0. The smallest absolute Gasteiger partial charge is 0.256 e. The van der Waals surface area contributed by atoms with Gasteiger partial charge in [-0.05, 0) is 61.7 Å². The van der Waals surface area contributed by atoms with Crippen LogP contribution in [0, 0.1) is 11.8 Å². The van der Waals surface area contributed by atoms with E-state index in [1.165, 1.54) is 11.8 Å². The molecule has 0 aliphatic heterocycles. The van der Waals surface area contributed by atoms with Crippen molar-refractivity contribution >= 4 is 52.7 Å². The van der Waals surface area contributed by atoms with E-state index >= 15 is 0 Å². The second kappa shape index (κ2) is 16.8. The van der Waals surface area contributed by atoms with Gasteiger partial charge in [0.05, 0.1) is 28.3 Å². The highest BCUT2D eigenvalue weighted by Crippen LogP contribution is 2.28. The minimum absolute atomic E-state index is 0.0828. The molecule has 0 heterocycles. The fourth-order valence-corrected chi connectivity index (χ4v) is 4.49. The molecule has 2 rings (SSSR count). The summed E-state index contributed by atoms with van der Waals surface area (Å²) in [6.07, 6.45) is 1.85. The number of carbonyl (C=O) groups excluding carboxylic acids is 3. The van der Waals surface area contributed by atoms with E-state index in [0.717, 1.165) is 4.90 Å². The molecule has 11 heteroatoms. The minimum atomic E-state index is -0.501. The van der Waals surface area contributed by atoms with Crippen LogP contribution in [0.1, 0.15) is 31.7 Å². The predicted molar refractivity (Wildman–Crippen MR) is 145 cm³/mol. The molecule has 0 aliphatic carbocycles. The Hall–Kier alpha value is -2.90. The number of carbonyl (C=O) groups is 3. The van der Waals surface area contributed by atoms with Gasteiger partial charge in [0.25, 0.3) is 5.91 Å². The zero-order valence-corrected chi connectivity index (χ0v) is 22.6. The van der Waals surface area contributed by atoms with E-state index in [0.29, 0.717) is 53.8 Å². The first-order valence-electron chi connectivity index (χ1n) is 11.5. The van der Waals surface area contributed by atoms with E-state index in [1.807, 2.05) is 12.1 Å². The molecule has 3 amide bonds. The Balaban J connectivity index is 1.67. The van der Waals surface area contributed by atoms with Crippen molar-refractivity contribution in [2.24, 2.45) is 0 Å². The number of benzene rings is 2. The van der Waals surface area contributed by atoms with Gasteiger partial charge in [-0.25, -0.2) is 5.48 Å². The van der Waals surface area contributed by atoms with E-state index in [-0.39, 0.29) is 24.8 Å². The van der Waals surface area contributed by atoms with Gasteiger partial charge in [0.2, 0.25) is 11.8 Å². The molecule has 37 heavy (non-hydrogen) atoms. The van der Waals surface area contributed by atoms with Crippen LogP contribution in [-0.2, 0) is 20.8 Å². The molecular formula is C26H29Cl2N3O5S. The standard InChI is InChI=1S/C26H29Cl2N3O5S/c1-2-3-14-36-19-8-10-20(11-9-19)37-23(26(34)31-35)6-4-5-13-29-25(33)17-30-24(32)16-18-7-12-21(27)22(28)15-18/h7-12,15,23,35H,4-6,13-14,16-17H2,1H3,(H,29,33)(H,30,32)(H,31,34). The summed E-state index contributed by atoms with van der Waals surface area (Å²) in [5.41, 5.74) is 2.41. The second-order valence-corrected chi connectivity index (χ2v) is 9.91. The van der Waals surface area contributed by atoms with Crippen molar-refractivity contribution in [3.8, 4) is 17.6 Å². The number of unbranched alkanes of at least 4 members (excludes halogenated alkanes) is 1. The Morgan fingerprint density at radius 3 is 2.46 bits per heavy atom. The fourth-order valence-electron chi connectivity index (χ4n) is 3.11. The van der Waals surface area contributed by atoms with E-state index in [4.69, 9.17) is 33.1 Å². The van der Waals surface area contributed by atoms with Gasteiger partial charge >= 0.3 is 0 Å². The lowest BCUT2D eigenvalue weighted by Crippen LogP contribution is -2.38. The summed E-state index contributed by atoms with van der Waals surface area (Å²) in [5, 5.41) is 14.7. The molecule has 8 nitrogen and oxygen atoms in total. The average molecular weight is 567 g/mol. The molecule has 4 N–H and O–H groups in total. The largest absolute Gasteiger partial charge is 0.481 e. The molecule has 0 aliphatic rings. The molecular weight excluding hydrogens is 537 g/mol. The number of rotatable bonds is 14. The summed E-state index contributed by atoms with van der Waals surface area (Å²) in [6, 6.07) is 12.2. The van der Waals surface area contributed by atoms with Crippen molar-refractivity contribution in [1.29, 1.82) is 0 Å². The van der Waals surface area contributed by atoms with Gasteiger partial charge in [0.15, 0.2) is 0 Å². The van der Waals surface area contributed by atoms with E-state index < -0.39 is 11.2 Å². The Kier molecular flexibility index (Phi) is 13.7. The molecule has 198 valence electrons. The van der Waals surface area contributed by atoms with Gasteiger partial charge in [0.1, 0.15) is 12.4 Å². The summed E-state index contributed by atoms with van der Waals surface area (Å²) in [6.45, 7) is 2.30. The maximum absolute atomic E-state index is 12.1. The lowest BCUT2D eigenvalue weighted by atomic mass is 10.1. The van der Waals surface area contributed by atoms with Crippen LogP contribution in [0.15, 0.2) is 47.4 Å². The number of thioether (sulfide) groups is 1. The van der Waals surface area contributed by atoms with E-state index in [9.17, 15) is 14.4 Å². The molecule has 1 unspecified atom stereocenters. The molecule has 0 aromatic heterocycles. The van der Waals surface area contributed by atoms with Gasteiger partial charge < -0.3 is 15.4 Å². The molecule has 0 fully saturated rings. The van der Waals surface area contributed by atoms with Crippen molar-refractivity contribution in [3.63, 3.8) is 0 Å². The van der Waals surface area contributed by atoms with Crippen molar-refractivity contribution in [2.45, 2.75) is 42.8 Å². The van der Waals surface area contributed by atoms with Crippen LogP contribution < -0.4 is 20.9 Å². The third-order valence-corrected chi connectivity index (χ3v) is 7.02. The third kappa shape index (κ3) is 11.8. The third-order valence-electron chi connectivity index (χ3n) is 5.00. The molecule has 0 saturated heterocycles. The van der Waals surface area contributed by atoms with E-state index in [1.54, 1.807) is 42.7 Å². The number of ether oxygens (including phenoxy) is 1. The van der Waals surface area contributed by atoms with Crippen molar-refractivity contribution < 1.29 is 24.3 Å². The van der Waals surface area contributed by atoms with Crippen LogP contribution in [-0.4, -0.2) is 47.9 Å². The molecule has 0 saturated carbocycles. The average Bonchev–Trinajstić information content (AvgIpc) is 2.89. The first-order chi connectivity index (χ1) is 17.8. The fraction of sp³-hybridized carbons (Fsp3) is 0.346. The molecule has 2 aromatic rings. The highest BCUT2D eigenvalue weighted by atomic mass is 35.5. The van der Waals surface area contributed by atoms with Crippen LogP contribution in [0.3, 0.4) is 0 Å². The number of hydroxylamine groups is 1. The zero-order chi connectivity index (χ0) is 27.0. The number of hydrogen-bond donors (Lipinski definition) is 4. The van der Waals surface area contributed by atoms with Crippen LogP contribution >= 0.6 is 35.0 Å². The van der Waals surface area contributed by atoms with Gasteiger partial charge in [0, 0.05) is 11.4 Å². The van der Waals surface area contributed by atoms with Crippen LogP contribution in [0.25, 0.3) is 0 Å². The summed E-state index contributed by atoms with van der Waals surface area (Å²) < 4.78 is 5.48. The Bertz CT molecular complexity index is 1120. The van der Waals surface area contributed by atoms with Crippen molar-refractivity contribution in [2.75, 3.05) is 19.7 Å². The lowest BCUT2D eigenvalue weighted by Gasteiger charge is -2.15. The predicted octanol–water partition coefficient (Wildman–Crippen LogP) is 4.01. The Labute approximate surface area is 230 Å². The number of amides is 3. The number of nitrogens with one attached hydrogen (secondary N) is 3. The SMILES string of the molecule is CC#CCOc1ccc(SC(CCCCNC(=O)CNC(=O)Cc2ccc(Cl)c(Cl)c2)C(=O)NO)cc1. The quantitative estimate of drug-likeness (QED) is 0.0903. The van der Waals surface area contributed by atoms with Gasteiger partial charge in [-0.1, -0.05) is 41.6 Å². The first-order valence-corrected chi connectivity index (χ1v) is 13.2. The minimum Gasteiger partial charge on any atom is -0.481 e. The molecule has 0 spiro atoms. The summed E-state index contributed by atoms with van der Waals surface area (Å²) in [5.74, 6) is 5.15. The molecule has 2 aromatic carbocycles. The first kappa shape index (κ1) is 30.3. The maximum atomic E-state index is 12.1. The molecule has 1 atom stereocenters. The highest BCUT2D eigenvalue weighted by molar-refractivity contribution is 8.00. The highest BCUT2D eigenvalue weighted by Gasteiger charge is 2.19. The van der Waals surface area contributed by atoms with Crippen molar-refractivity contribution in [1.82, 2.24) is 16.1 Å². The van der Waals surface area contributed by atoms with Crippen LogP contribution in [0.2, 0.25) is 10.0 Å². The van der Waals surface area contributed by atoms with Crippen LogP contribution in [0.5, 0.6) is 5.75 Å². The topological polar surface area (TPSA) is 117 Å². The van der Waals surface area contributed by atoms with Gasteiger partial charge in [-0.2, -0.15) is 0 Å². The van der Waals surface area contributed by atoms with Gasteiger partial charge in [-0.15, -0.1) is 17.7 Å². The maximum Gasteiger partial charge on any atom is 0.256 e. The van der Waals surface area contributed by atoms with Crippen LogP contribution in [0.4, 0.5) is 0 Å². The number of hydrogen-bond acceptors (Lipinski definition) is 6. The monoisotopic (exact) mass is 565 g/mol. The van der Waals surface area contributed by atoms with E-state index in [2.05, 4.69) is 22.5 Å². The summed E-state index contributed by atoms with van der Waals surface area (Å²) in [7, 11) is 0. The van der Waals surface area contributed by atoms with Crippen molar-refractivity contribution in [3.05, 3.63) is 58.1 Å². The Morgan fingerprint density at radius 2 is 1.78 bits per heavy atom. The van der Waals surface area contributed by atoms with Gasteiger partial charge in [-0.3, -0.25) is 19.6 Å². The molecule has 0 radical (unpaired) electrons. The Morgan fingerprint density at radius 1 is 1.03 bits per heavy atom. The normalized spacial score (nSPS) is 11.0. The second-order valence-electron chi connectivity index (χ2n) is 7.82. The number of halogens is 2. The summed E-state index contributed by atoms with van der Waals surface area (Å²) >= 11 is 13.1.